The molecule has 0 aromatic heterocycles. The molecule has 0 aliphatic heterocycles. The van der Waals surface area contributed by atoms with Crippen LogP contribution in [-0.2, 0) is 0 Å². The van der Waals surface area contributed by atoms with Gasteiger partial charge in [-0.1, -0.05) is 53.4 Å². The number of methoxy groups -OCH3 is 4. The lowest BCUT2D eigenvalue weighted by molar-refractivity contribution is 0.288. The average molecular weight is 819 g/mol. The van der Waals surface area contributed by atoms with Crippen molar-refractivity contribution in [2.45, 2.75) is 79.1 Å². The Labute approximate surface area is 312 Å². The predicted octanol–water partition coefficient (Wildman–Crippen LogP) is 12.0. The first-order valence-electron chi connectivity index (χ1n) is 17.8. The summed E-state index contributed by atoms with van der Waals surface area (Å²) in [5.41, 5.74) is 0. The lowest BCUT2D eigenvalue weighted by Gasteiger charge is -2.27. The van der Waals surface area contributed by atoms with Crippen molar-refractivity contribution < 1.29 is 37.9 Å². The Morgan fingerprint density at radius 2 is 0.700 bits per heavy atom. The first kappa shape index (κ1) is 38.0. The maximum atomic E-state index is 6.76. The van der Waals surface area contributed by atoms with Gasteiger partial charge in [-0.05, 0) is 69.7 Å². The fourth-order valence-electron chi connectivity index (χ4n) is 6.50. The second kappa shape index (κ2) is 17.3. The van der Waals surface area contributed by atoms with Gasteiger partial charge in [0.25, 0.3) is 0 Å². The monoisotopic (exact) mass is 816 g/mol. The largest absolute Gasteiger partial charge is 0.493 e. The summed E-state index contributed by atoms with van der Waals surface area (Å²) in [6.07, 6.45) is 7.44. The molecule has 8 nitrogen and oxygen atoms in total. The molecule has 0 bridgehead atoms. The van der Waals surface area contributed by atoms with E-state index in [1.807, 2.05) is 12.1 Å². The van der Waals surface area contributed by atoms with E-state index < -0.39 is 0 Å². The number of rotatable bonds is 20. The van der Waals surface area contributed by atoms with E-state index in [9.17, 15) is 0 Å². The lowest BCUT2D eigenvalue weighted by atomic mass is 9.86. The van der Waals surface area contributed by atoms with Crippen LogP contribution in [0.5, 0.6) is 46.0 Å². The molecule has 0 aliphatic carbocycles. The Hall–Kier alpha value is -3.24. The number of unbranched alkanes of at least 4 members (excludes halogenated alkanes) is 4. The number of benzene rings is 5. The van der Waals surface area contributed by atoms with Gasteiger partial charge in [-0.15, -0.1) is 0 Å². The second-order valence-corrected chi connectivity index (χ2v) is 13.9. The highest BCUT2D eigenvalue weighted by Gasteiger charge is 2.34. The minimum atomic E-state index is 0.507. The highest BCUT2D eigenvalue weighted by molar-refractivity contribution is 9.11. The fourth-order valence-corrected chi connectivity index (χ4v) is 7.81. The number of fused-ring (bicyclic) bond motifs is 2. The molecule has 0 radical (unpaired) electrons. The lowest BCUT2D eigenvalue weighted by Crippen LogP contribution is -2.07. The number of hydrogen-bond acceptors (Lipinski definition) is 8. The molecule has 0 aliphatic rings. The van der Waals surface area contributed by atoms with Crippen LogP contribution in [0.3, 0.4) is 0 Å². The Morgan fingerprint density at radius 3 is 0.980 bits per heavy atom. The van der Waals surface area contributed by atoms with E-state index in [2.05, 4.69) is 59.6 Å². The number of halogens is 2. The smallest absolute Gasteiger partial charge is 0.176 e. The quantitative estimate of drug-likeness (QED) is 0.0437. The van der Waals surface area contributed by atoms with Gasteiger partial charge >= 0.3 is 0 Å². The van der Waals surface area contributed by atoms with Crippen LogP contribution in [0.2, 0.25) is 0 Å². The van der Waals surface area contributed by atoms with Crippen LogP contribution in [0, 0.1) is 0 Å². The molecule has 10 heteroatoms. The molecular formula is C40H50Br2O8. The summed E-state index contributed by atoms with van der Waals surface area (Å²) in [4.78, 5) is 0. The molecule has 50 heavy (non-hydrogen) atoms. The minimum Gasteiger partial charge on any atom is -0.493 e. The standard InChI is InChI=1S/C40H50Br2O8/c1-9-13-17-47-35-25(43-5)21-23-27-29(35)31-28-24(34(42)39(45-7)37(31)49-19-15-11-3)22-26(44-6)36(48-18-14-10-2)30(28)32(27)38(50-20-16-12-4)40(46-8)33(23)41/h21-22H,9-20H2,1-8H3. The molecule has 0 heterocycles. The van der Waals surface area contributed by atoms with Crippen molar-refractivity contribution in [3.8, 4) is 46.0 Å². The molecule has 0 saturated carbocycles. The van der Waals surface area contributed by atoms with Crippen LogP contribution in [0.25, 0.3) is 43.1 Å². The minimum absolute atomic E-state index is 0.507. The van der Waals surface area contributed by atoms with Crippen LogP contribution < -0.4 is 37.9 Å². The van der Waals surface area contributed by atoms with Crippen LogP contribution in [0.15, 0.2) is 21.1 Å². The van der Waals surface area contributed by atoms with E-state index in [0.29, 0.717) is 72.4 Å². The zero-order valence-electron chi connectivity index (χ0n) is 30.7. The van der Waals surface area contributed by atoms with Crippen molar-refractivity contribution in [3.05, 3.63) is 21.1 Å². The molecule has 0 atom stereocenters. The van der Waals surface area contributed by atoms with Crippen molar-refractivity contribution >= 4 is 74.9 Å². The molecule has 0 N–H and O–H groups in total. The normalized spacial score (nSPS) is 11.6. The Balaban J connectivity index is 2.20. The van der Waals surface area contributed by atoms with Gasteiger partial charge in [0, 0.05) is 43.1 Å². The molecule has 0 saturated heterocycles. The summed E-state index contributed by atoms with van der Waals surface area (Å²) >= 11 is 7.88. The second-order valence-electron chi connectivity index (χ2n) is 12.3. The Morgan fingerprint density at radius 1 is 0.400 bits per heavy atom. The van der Waals surface area contributed by atoms with Crippen LogP contribution in [0.1, 0.15) is 79.1 Å². The highest BCUT2D eigenvalue weighted by atomic mass is 79.9. The summed E-state index contributed by atoms with van der Waals surface area (Å²) < 4.78 is 53.0. The predicted molar refractivity (Wildman–Crippen MR) is 211 cm³/mol. The van der Waals surface area contributed by atoms with Crippen molar-refractivity contribution in [2.75, 3.05) is 54.9 Å². The summed E-state index contributed by atoms with van der Waals surface area (Å²) in [5.74, 6) is 4.87. The summed E-state index contributed by atoms with van der Waals surface area (Å²) in [6.45, 7) is 10.6. The van der Waals surface area contributed by atoms with E-state index in [1.54, 1.807) is 28.4 Å². The molecule has 0 amide bonds. The average Bonchev–Trinajstić information content (AvgIpc) is 3.12. The van der Waals surface area contributed by atoms with Crippen molar-refractivity contribution in [1.82, 2.24) is 0 Å². The van der Waals surface area contributed by atoms with Gasteiger partial charge in [-0.25, -0.2) is 0 Å². The van der Waals surface area contributed by atoms with Gasteiger partial charge in [0.2, 0.25) is 0 Å². The first-order valence-corrected chi connectivity index (χ1v) is 19.4. The van der Waals surface area contributed by atoms with Crippen LogP contribution >= 0.6 is 31.9 Å². The van der Waals surface area contributed by atoms with Crippen molar-refractivity contribution in [3.63, 3.8) is 0 Å². The van der Waals surface area contributed by atoms with E-state index in [-0.39, 0.29) is 0 Å². The van der Waals surface area contributed by atoms with Crippen LogP contribution in [-0.4, -0.2) is 54.9 Å². The molecule has 0 unspecified atom stereocenters. The Kier molecular flexibility index (Phi) is 13.2. The molecule has 0 spiro atoms. The highest BCUT2D eigenvalue weighted by Crippen LogP contribution is 2.62. The zero-order valence-corrected chi connectivity index (χ0v) is 33.8. The van der Waals surface area contributed by atoms with Gasteiger partial charge in [-0.3, -0.25) is 0 Å². The zero-order chi connectivity index (χ0) is 35.9. The molecule has 272 valence electrons. The van der Waals surface area contributed by atoms with Gasteiger partial charge in [0.1, 0.15) is 0 Å². The van der Waals surface area contributed by atoms with Crippen LogP contribution in [0.4, 0.5) is 0 Å². The van der Waals surface area contributed by atoms with Gasteiger partial charge in [0.15, 0.2) is 46.0 Å². The fraction of sp³-hybridized carbons (Fsp3) is 0.500. The van der Waals surface area contributed by atoms with Gasteiger partial charge < -0.3 is 37.9 Å². The van der Waals surface area contributed by atoms with E-state index in [4.69, 9.17) is 37.9 Å². The summed E-state index contributed by atoms with van der Waals surface area (Å²) in [7, 11) is 6.69. The number of hydrogen-bond donors (Lipinski definition) is 0. The first-order chi connectivity index (χ1) is 24.4. The third-order valence-corrected chi connectivity index (χ3v) is 10.6. The maximum Gasteiger partial charge on any atom is 0.176 e. The molecular weight excluding hydrogens is 768 g/mol. The molecule has 5 aromatic carbocycles. The molecule has 5 rings (SSSR count). The maximum absolute atomic E-state index is 6.76. The molecule has 0 fully saturated rings. The van der Waals surface area contributed by atoms with Crippen molar-refractivity contribution in [2.24, 2.45) is 0 Å². The third-order valence-electron chi connectivity index (χ3n) is 9.05. The molecule has 5 aromatic rings. The van der Waals surface area contributed by atoms with Crippen molar-refractivity contribution in [1.29, 1.82) is 0 Å². The van der Waals surface area contributed by atoms with E-state index >= 15 is 0 Å². The topological polar surface area (TPSA) is 73.8 Å². The third kappa shape index (κ3) is 6.74. The van der Waals surface area contributed by atoms with Gasteiger partial charge in [-0.2, -0.15) is 0 Å². The Bertz CT molecular complexity index is 1780. The van der Waals surface area contributed by atoms with E-state index in [1.165, 1.54) is 0 Å². The van der Waals surface area contributed by atoms with Gasteiger partial charge in [0.05, 0.1) is 63.8 Å². The summed E-state index contributed by atoms with van der Waals surface area (Å²) in [5, 5.41) is 6.92. The van der Waals surface area contributed by atoms with E-state index in [0.717, 1.165) is 103 Å². The number of ether oxygens (including phenoxy) is 8. The SMILES string of the molecule is CCCCOc1c(OC)cc2c(Br)c(OC)c(OCCCC)c3c4c(OCCCC)c(OC)cc5c(Br)c(OC)c(OCCCC)c(c1c23)c54. The summed E-state index contributed by atoms with van der Waals surface area (Å²) in [6, 6.07) is 4.03.